The zero-order valence-electron chi connectivity index (χ0n) is 12.4. The van der Waals surface area contributed by atoms with Crippen molar-refractivity contribution in [3.63, 3.8) is 0 Å². The van der Waals surface area contributed by atoms with Crippen LogP contribution in [0.1, 0.15) is 69.2 Å². The zero-order valence-corrected chi connectivity index (χ0v) is 12.4. The molecule has 0 aliphatic carbocycles. The molecular formula is C15H26N2O. The number of carbonyl (C=O) groups is 1. The van der Waals surface area contributed by atoms with E-state index in [1.807, 2.05) is 6.92 Å². The van der Waals surface area contributed by atoms with Gasteiger partial charge in [0, 0.05) is 18.7 Å². The minimum atomic E-state index is 0.235. The Kier molecular flexibility index (Phi) is 5.57. The number of carbonyl (C=O) groups excluding carboxylic acids is 1. The Balaban J connectivity index is 3.19. The van der Waals surface area contributed by atoms with Gasteiger partial charge < -0.3 is 0 Å². The first kappa shape index (κ1) is 14.9. The van der Waals surface area contributed by atoms with Crippen LogP contribution in [0.3, 0.4) is 0 Å². The Morgan fingerprint density at radius 1 is 1.22 bits per heavy atom. The molecular weight excluding hydrogens is 224 g/mol. The van der Waals surface area contributed by atoms with Gasteiger partial charge in [-0.2, -0.15) is 5.10 Å². The summed E-state index contributed by atoms with van der Waals surface area (Å²) in [6.07, 6.45) is 3.42. The molecule has 3 nitrogen and oxygen atoms in total. The summed E-state index contributed by atoms with van der Waals surface area (Å²) < 4.78 is 2.07. The van der Waals surface area contributed by atoms with Crippen LogP contribution in [-0.4, -0.2) is 15.6 Å². The normalized spacial score (nSPS) is 12.7. The zero-order chi connectivity index (χ0) is 13.7. The number of ketones is 1. The van der Waals surface area contributed by atoms with Gasteiger partial charge in [0.05, 0.1) is 11.3 Å². The van der Waals surface area contributed by atoms with E-state index < -0.39 is 0 Å². The Bertz CT molecular complexity index is 407. The molecule has 1 aromatic heterocycles. The van der Waals surface area contributed by atoms with Gasteiger partial charge in [-0.25, -0.2) is 0 Å². The van der Waals surface area contributed by atoms with Crippen LogP contribution in [0.4, 0.5) is 0 Å². The Hall–Kier alpha value is -1.12. The van der Waals surface area contributed by atoms with E-state index in [-0.39, 0.29) is 5.78 Å². The second-order valence-electron chi connectivity index (χ2n) is 4.95. The summed E-state index contributed by atoms with van der Waals surface area (Å²) in [6, 6.07) is 0. The van der Waals surface area contributed by atoms with Crippen LogP contribution >= 0.6 is 0 Å². The maximum atomic E-state index is 12.1. The van der Waals surface area contributed by atoms with Gasteiger partial charge in [0.15, 0.2) is 5.78 Å². The molecule has 1 atom stereocenters. The van der Waals surface area contributed by atoms with Crippen molar-refractivity contribution in [2.24, 2.45) is 5.92 Å². The molecule has 0 bridgehead atoms. The number of aromatic nitrogens is 2. The summed E-state index contributed by atoms with van der Waals surface area (Å²) >= 11 is 0. The largest absolute Gasteiger partial charge is 0.294 e. The molecule has 1 rings (SSSR count). The molecule has 0 spiro atoms. The van der Waals surface area contributed by atoms with Gasteiger partial charge in [-0.1, -0.05) is 41.0 Å². The average Bonchev–Trinajstić information content (AvgIpc) is 2.74. The molecule has 0 aliphatic heterocycles. The van der Waals surface area contributed by atoms with Crippen molar-refractivity contribution >= 4 is 5.78 Å². The highest BCUT2D eigenvalue weighted by atomic mass is 16.1. The SMILES string of the molecule is CCC(=O)c1c(CC)nn(CC(C)CC)c1CC. The molecule has 0 aromatic carbocycles. The standard InChI is InChI=1S/C15H26N2O/c1-6-11(5)10-17-13(8-3)15(14(18)9-4)12(7-2)16-17/h11H,6-10H2,1-5H3. The first-order chi connectivity index (χ1) is 8.58. The molecule has 3 heteroatoms. The van der Waals surface area contributed by atoms with E-state index in [9.17, 15) is 4.79 Å². The number of nitrogens with zero attached hydrogens (tertiary/aromatic N) is 2. The third kappa shape index (κ3) is 3.01. The molecule has 18 heavy (non-hydrogen) atoms. The van der Waals surface area contributed by atoms with Crippen LogP contribution < -0.4 is 0 Å². The molecule has 0 radical (unpaired) electrons. The van der Waals surface area contributed by atoms with Crippen LogP contribution in [0.15, 0.2) is 0 Å². The summed E-state index contributed by atoms with van der Waals surface area (Å²) in [6.45, 7) is 11.4. The third-order valence-electron chi connectivity index (χ3n) is 3.58. The smallest absolute Gasteiger partial charge is 0.166 e. The monoisotopic (exact) mass is 250 g/mol. The van der Waals surface area contributed by atoms with Gasteiger partial charge in [-0.15, -0.1) is 0 Å². The van der Waals surface area contributed by atoms with Crippen LogP contribution in [0.2, 0.25) is 0 Å². The Morgan fingerprint density at radius 2 is 1.89 bits per heavy atom. The highest BCUT2D eigenvalue weighted by Crippen LogP contribution is 2.20. The molecule has 0 amide bonds. The highest BCUT2D eigenvalue weighted by molar-refractivity contribution is 5.98. The maximum Gasteiger partial charge on any atom is 0.166 e. The van der Waals surface area contributed by atoms with E-state index in [2.05, 4.69) is 37.5 Å². The van der Waals surface area contributed by atoms with Crippen molar-refractivity contribution in [2.45, 2.75) is 66.8 Å². The van der Waals surface area contributed by atoms with E-state index >= 15 is 0 Å². The lowest BCUT2D eigenvalue weighted by Crippen LogP contribution is -2.12. The van der Waals surface area contributed by atoms with Crippen molar-refractivity contribution < 1.29 is 4.79 Å². The number of hydrogen-bond donors (Lipinski definition) is 0. The lowest BCUT2D eigenvalue weighted by molar-refractivity contribution is 0.0986. The number of Topliss-reactive ketones (excluding diaryl/α,β-unsaturated/α-hetero) is 1. The van der Waals surface area contributed by atoms with Crippen LogP contribution in [0, 0.1) is 5.92 Å². The maximum absolute atomic E-state index is 12.1. The third-order valence-corrected chi connectivity index (χ3v) is 3.58. The molecule has 0 saturated carbocycles. The van der Waals surface area contributed by atoms with Gasteiger partial charge in [0.25, 0.3) is 0 Å². The predicted molar refractivity (Wildman–Crippen MR) is 75.1 cm³/mol. The Morgan fingerprint density at radius 3 is 2.33 bits per heavy atom. The van der Waals surface area contributed by atoms with Crippen molar-refractivity contribution in [3.05, 3.63) is 17.0 Å². The molecule has 0 aliphatic rings. The summed E-state index contributed by atoms with van der Waals surface area (Å²) in [5.74, 6) is 0.837. The molecule has 1 heterocycles. The quantitative estimate of drug-likeness (QED) is 0.692. The lowest BCUT2D eigenvalue weighted by Gasteiger charge is -2.11. The van der Waals surface area contributed by atoms with Crippen molar-refractivity contribution in [2.75, 3.05) is 0 Å². The van der Waals surface area contributed by atoms with Crippen molar-refractivity contribution in [1.82, 2.24) is 9.78 Å². The number of hydrogen-bond acceptors (Lipinski definition) is 2. The van der Waals surface area contributed by atoms with Crippen molar-refractivity contribution in [3.8, 4) is 0 Å². The van der Waals surface area contributed by atoms with Gasteiger partial charge in [0.1, 0.15) is 0 Å². The Labute approximate surface area is 111 Å². The molecule has 0 fully saturated rings. The van der Waals surface area contributed by atoms with Crippen LogP contribution in [-0.2, 0) is 19.4 Å². The van der Waals surface area contributed by atoms with Crippen LogP contribution in [0.25, 0.3) is 0 Å². The second-order valence-corrected chi connectivity index (χ2v) is 4.95. The molecule has 0 saturated heterocycles. The fourth-order valence-electron chi connectivity index (χ4n) is 2.23. The van der Waals surface area contributed by atoms with Gasteiger partial charge in [0.2, 0.25) is 0 Å². The molecule has 102 valence electrons. The van der Waals surface area contributed by atoms with Gasteiger partial charge >= 0.3 is 0 Å². The van der Waals surface area contributed by atoms with E-state index in [1.54, 1.807) is 0 Å². The predicted octanol–water partition coefficient (Wildman–Crippen LogP) is 3.65. The number of aryl methyl sites for hydroxylation is 1. The summed E-state index contributed by atoms with van der Waals surface area (Å²) in [7, 11) is 0. The first-order valence-electron chi connectivity index (χ1n) is 7.20. The summed E-state index contributed by atoms with van der Waals surface area (Å²) in [5, 5.41) is 4.65. The van der Waals surface area contributed by atoms with Crippen LogP contribution in [0.5, 0.6) is 0 Å². The van der Waals surface area contributed by atoms with E-state index in [0.717, 1.165) is 42.8 Å². The highest BCUT2D eigenvalue weighted by Gasteiger charge is 2.20. The van der Waals surface area contributed by atoms with E-state index in [0.29, 0.717) is 12.3 Å². The summed E-state index contributed by atoms with van der Waals surface area (Å²) in [5.41, 5.74) is 2.99. The average molecular weight is 250 g/mol. The minimum Gasteiger partial charge on any atom is -0.294 e. The van der Waals surface area contributed by atoms with Crippen molar-refractivity contribution in [1.29, 1.82) is 0 Å². The number of rotatable bonds is 7. The fourth-order valence-corrected chi connectivity index (χ4v) is 2.23. The first-order valence-corrected chi connectivity index (χ1v) is 7.20. The fraction of sp³-hybridized carbons (Fsp3) is 0.733. The topological polar surface area (TPSA) is 34.9 Å². The van der Waals surface area contributed by atoms with E-state index in [4.69, 9.17) is 0 Å². The molecule has 1 aromatic rings. The lowest BCUT2D eigenvalue weighted by atomic mass is 10.0. The molecule has 0 N–H and O–H groups in total. The van der Waals surface area contributed by atoms with Gasteiger partial charge in [-0.3, -0.25) is 9.48 Å². The minimum absolute atomic E-state index is 0.235. The molecule has 1 unspecified atom stereocenters. The van der Waals surface area contributed by atoms with E-state index in [1.165, 1.54) is 0 Å². The summed E-state index contributed by atoms with van der Waals surface area (Å²) in [4.78, 5) is 12.1. The second kappa shape index (κ2) is 6.72. The van der Waals surface area contributed by atoms with Gasteiger partial charge in [-0.05, 0) is 18.8 Å².